The fourth-order valence-corrected chi connectivity index (χ4v) is 3.07. The van der Waals surface area contributed by atoms with E-state index in [-0.39, 0.29) is 0 Å². The Labute approximate surface area is 193 Å². The van der Waals surface area contributed by atoms with Gasteiger partial charge in [0.05, 0.1) is 15.7 Å². The second kappa shape index (κ2) is 14.9. The summed E-state index contributed by atoms with van der Waals surface area (Å²) in [5.74, 6) is 2.29. The van der Waals surface area contributed by atoms with Gasteiger partial charge in [-0.25, -0.2) is 0 Å². The molecule has 0 unspecified atom stereocenters. The molecule has 0 spiro atoms. The second-order valence-corrected chi connectivity index (χ2v) is 10.2. The van der Waals surface area contributed by atoms with Gasteiger partial charge in [-0.3, -0.25) is 0 Å². The van der Waals surface area contributed by atoms with Crippen molar-refractivity contribution in [1.82, 2.24) is 0 Å². The van der Waals surface area contributed by atoms with Crippen LogP contribution in [0.1, 0.15) is 77.3 Å². The molecule has 0 N–H and O–H groups in total. The molecular formula is C23H35Br2NO3. The number of unbranched alkanes of at least 4 members (excludes halogenated alkanes) is 3. The first-order chi connectivity index (χ1) is 13.8. The summed E-state index contributed by atoms with van der Waals surface area (Å²) in [6.45, 7) is 12.4. The van der Waals surface area contributed by atoms with Gasteiger partial charge in [-0.1, -0.05) is 25.9 Å². The predicted molar refractivity (Wildman–Crippen MR) is 130 cm³/mol. The number of oxime groups is 1. The SMILES string of the molecule is CCc1cc(OCC=C(Br)Br)cc(C(C)C)c1OCCCCCCON=C(C)C. The molecule has 0 radical (unpaired) electrons. The third kappa shape index (κ3) is 11.1. The zero-order chi connectivity index (χ0) is 21.6. The zero-order valence-electron chi connectivity index (χ0n) is 18.4. The van der Waals surface area contributed by atoms with Crippen LogP contribution in [0.15, 0.2) is 26.8 Å². The Bertz CT molecular complexity index is 664. The van der Waals surface area contributed by atoms with Gasteiger partial charge in [0.15, 0.2) is 0 Å². The first kappa shape index (κ1) is 26.0. The molecule has 29 heavy (non-hydrogen) atoms. The van der Waals surface area contributed by atoms with Gasteiger partial charge < -0.3 is 14.3 Å². The Hall–Kier alpha value is -1.01. The highest BCUT2D eigenvalue weighted by molar-refractivity contribution is 9.28. The minimum absolute atomic E-state index is 0.372. The standard InChI is InChI=1S/C23H35Br2NO3/c1-6-19-15-20(27-14-11-22(24)25)16-21(17(2)3)23(19)28-12-9-7-8-10-13-29-26-18(4)5/h11,15-17H,6-10,12-14H2,1-5H3. The van der Waals surface area contributed by atoms with E-state index in [4.69, 9.17) is 14.3 Å². The van der Waals surface area contributed by atoms with Gasteiger partial charge in [0.25, 0.3) is 0 Å². The van der Waals surface area contributed by atoms with E-state index in [1.54, 1.807) is 0 Å². The zero-order valence-corrected chi connectivity index (χ0v) is 21.6. The van der Waals surface area contributed by atoms with Crippen LogP contribution in [0.4, 0.5) is 0 Å². The van der Waals surface area contributed by atoms with Crippen molar-refractivity contribution in [2.24, 2.45) is 5.16 Å². The fraction of sp³-hybridized carbons (Fsp3) is 0.609. The highest BCUT2D eigenvalue weighted by atomic mass is 79.9. The Morgan fingerprint density at radius 3 is 2.31 bits per heavy atom. The molecule has 0 amide bonds. The third-order valence-electron chi connectivity index (χ3n) is 4.28. The van der Waals surface area contributed by atoms with Crippen LogP contribution in [0.25, 0.3) is 0 Å². The predicted octanol–water partition coefficient (Wildman–Crippen LogP) is 7.73. The highest BCUT2D eigenvalue weighted by Crippen LogP contribution is 2.35. The van der Waals surface area contributed by atoms with E-state index in [9.17, 15) is 0 Å². The van der Waals surface area contributed by atoms with Crippen molar-refractivity contribution in [2.75, 3.05) is 19.8 Å². The van der Waals surface area contributed by atoms with Crippen LogP contribution in [0.5, 0.6) is 11.5 Å². The quantitative estimate of drug-likeness (QED) is 0.140. The molecular weight excluding hydrogens is 498 g/mol. The minimum Gasteiger partial charge on any atom is -0.493 e. The summed E-state index contributed by atoms with van der Waals surface area (Å²) in [4.78, 5) is 5.23. The molecule has 0 bridgehead atoms. The number of ether oxygens (including phenoxy) is 2. The maximum Gasteiger partial charge on any atom is 0.126 e. The molecule has 0 heterocycles. The van der Waals surface area contributed by atoms with Crippen molar-refractivity contribution in [2.45, 2.75) is 72.6 Å². The Kier molecular flexibility index (Phi) is 13.4. The van der Waals surface area contributed by atoms with Crippen LogP contribution < -0.4 is 9.47 Å². The van der Waals surface area contributed by atoms with E-state index < -0.39 is 0 Å². The topological polar surface area (TPSA) is 40.0 Å². The van der Waals surface area contributed by atoms with Gasteiger partial charge >= 0.3 is 0 Å². The number of hydrogen-bond acceptors (Lipinski definition) is 4. The first-order valence-electron chi connectivity index (χ1n) is 10.4. The van der Waals surface area contributed by atoms with Crippen molar-refractivity contribution in [3.8, 4) is 11.5 Å². The van der Waals surface area contributed by atoms with E-state index >= 15 is 0 Å². The number of aryl methyl sites for hydroxylation is 1. The van der Waals surface area contributed by atoms with Crippen LogP contribution in [-0.2, 0) is 11.3 Å². The molecule has 0 saturated carbocycles. The largest absolute Gasteiger partial charge is 0.493 e. The van der Waals surface area contributed by atoms with E-state index in [1.807, 2.05) is 19.9 Å². The molecule has 164 valence electrons. The average Bonchev–Trinajstić information content (AvgIpc) is 2.66. The van der Waals surface area contributed by atoms with Crippen LogP contribution in [-0.4, -0.2) is 25.5 Å². The number of nitrogens with zero attached hydrogens (tertiary/aromatic N) is 1. The van der Waals surface area contributed by atoms with E-state index in [1.165, 1.54) is 11.1 Å². The molecule has 6 heteroatoms. The molecule has 0 saturated heterocycles. The summed E-state index contributed by atoms with van der Waals surface area (Å²) in [5, 5.41) is 3.95. The lowest BCUT2D eigenvalue weighted by atomic mass is 9.97. The smallest absolute Gasteiger partial charge is 0.126 e. The van der Waals surface area contributed by atoms with Crippen molar-refractivity contribution >= 4 is 37.6 Å². The van der Waals surface area contributed by atoms with Crippen molar-refractivity contribution in [1.29, 1.82) is 0 Å². The lowest BCUT2D eigenvalue weighted by Crippen LogP contribution is -2.06. The lowest BCUT2D eigenvalue weighted by Gasteiger charge is -2.19. The number of hydrogen-bond donors (Lipinski definition) is 0. The van der Waals surface area contributed by atoms with Crippen LogP contribution in [0.2, 0.25) is 0 Å². The van der Waals surface area contributed by atoms with Gasteiger partial charge in [-0.15, -0.1) is 0 Å². The monoisotopic (exact) mass is 531 g/mol. The van der Waals surface area contributed by atoms with Crippen LogP contribution in [0, 0.1) is 0 Å². The Morgan fingerprint density at radius 1 is 1.03 bits per heavy atom. The Morgan fingerprint density at radius 2 is 1.72 bits per heavy atom. The van der Waals surface area contributed by atoms with Gasteiger partial charge in [-0.2, -0.15) is 0 Å². The Balaban J connectivity index is 2.58. The summed E-state index contributed by atoms with van der Waals surface area (Å²) in [6, 6.07) is 4.22. The molecule has 1 aromatic carbocycles. The van der Waals surface area contributed by atoms with Crippen molar-refractivity contribution in [3.05, 3.63) is 32.7 Å². The molecule has 0 aliphatic carbocycles. The number of rotatable bonds is 14. The minimum atomic E-state index is 0.372. The van der Waals surface area contributed by atoms with Crippen molar-refractivity contribution in [3.63, 3.8) is 0 Å². The lowest BCUT2D eigenvalue weighted by molar-refractivity contribution is 0.139. The van der Waals surface area contributed by atoms with Gasteiger partial charge in [0, 0.05) is 5.56 Å². The van der Waals surface area contributed by atoms with Gasteiger partial charge in [0.2, 0.25) is 0 Å². The molecule has 0 fully saturated rings. The van der Waals surface area contributed by atoms with Crippen molar-refractivity contribution < 1.29 is 14.3 Å². The summed E-state index contributed by atoms with van der Waals surface area (Å²) in [6.07, 6.45) is 7.18. The molecule has 1 rings (SSSR count). The fourth-order valence-electron chi connectivity index (χ4n) is 2.81. The molecule has 0 aliphatic rings. The number of halogens is 2. The highest BCUT2D eigenvalue weighted by Gasteiger charge is 2.15. The average molecular weight is 533 g/mol. The van der Waals surface area contributed by atoms with E-state index in [0.717, 1.165) is 59.3 Å². The summed E-state index contributed by atoms with van der Waals surface area (Å²) in [5.41, 5.74) is 3.37. The third-order valence-corrected chi connectivity index (χ3v) is 4.93. The molecule has 4 nitrogen and oxygen atoms in total. The van der Waals surface area contributed by atoms with Crippen LogP contribution >= 0.6 is 31.9 Å². The maximum atomic E-state index is 6.24. The second-order valence-electron chi connectivity index (χ2n) is 7.45. The molecule has 1 aromatic rings. The molecule has 0 atom stereocenters. The summed E-state index contributed by atoms with van der Waals surface area (Å²) >= 11 is 6.71. The van der Waals surface area contributed by atoms with Gasteiger partial charge in [-0.05, 0) is 108 Å². The normalized spacial score (nSPS) is 10.6. The summed E-state index contributed by atoms with van der Waals surface area (Å²) < 4.78 is 13.0. The van der Waals surface area contributed by atoms with E-state index in [2.05, 4.69) is 69.9 Å². The summed E-state index contributed by atoms with van der Waals surface area (Å²) in [7, 11) is 0. The van der Waals surface area contributed by atoms with Gasteiger partial charge in [0.1, 0.15) is 24.7 Å². The maximum absolute atomic E-state index is 6.24. The molecule has 0 aromatic heterocycles. The molecule has 0 aliphatic heterocycles. The van der Waals surface area contributed by atoms with Crippen LogP contribution in [0.3, 0.4) is 0 Å². The first-order valence-corrected chi connectivity index (χ1v) is 12.0. The number of benzene rings is 1. The van der Waals surface area contributed by atoms with E-state index in [0.29, 0.717) is 19.1 Å².